The smallest absolute Gasteiger partial charge is 0.205 e. The number of aryl methyl sites for hydroxylation is 1. The molecule has 4 rings (SSSR count). The summed E-state index contributed by atoms with van der Waals surface area (Å²) in [6.45, 7) is 1.53. The lowest BCUT2D eigenvalue weighted by molar-refractivity contribution is -0.0000733. The molecule has 0 spiro atoms. The summed E-state index contributed by atoms with van der Waals surface area (Å²) in [7, 11) is 1.83. The van der Waals surface area contributed by atoms with Crippen LogP contribution in [-0.4, -0.2) is 42.3 Å². The molecular formula is C16H24N6OS. The molecule has 1 aliphatic heterocycles. The molecule has 2 aromatic heterocycles. The maximum absolute atomic E-state index is 10.9. The van der Waals surface area contributed by atoms with Gasteiger partial charge >= 0.3 is 0 Å². The van der Waals surface area contributed by atoms with Gasteiger partial charge < -0.3 is 10.0 Å². The Morgan fingerprint density at radius 3 is 2.62 bits per heavy atom. The highest BCUT2D eigenvalue weighted by molar-refractivity contribution is 7.09. The summed E-state index contributed by atoms with van der Waals surface area (Å²) in [6, 6.07) is 0. The van der Waals surface area contributed by atoms with Gasteiger partial charge in [0.2, 0.25) is 5.13 Å². The second kappa shape index (κ2) is 6.40. The van der Waals surface area contributed by atoms with Gasteiger partial charge in [-0.3, -0.25) is 4.68 Å². The molecule has 1 aliphatic carbocycles. The Morgan fingerprint density at radius 1 is 1.21 bits per heavy atom. The lowest BCUT2D eigenvalue weighted by Gasteiger charge is -2.37. The van der Waals surface area contributed by atoms with Gasteiger partial charge in [0.05, 0.1) is 0 Å². The first-order valence-corrected chi connectivity index (χ1v) is 9.58. The van der Waals surface area contributed by atoms with Gasteiger partial charge in [-0.05, 0) is 12.8 Å². The molecule has 0 atom stereocenters. The van der Waals surface area contributed by atoms with Gasteiger partial charge in [0.15, 0.2) is 5.82 Å². The Balaban J connectivity index is 1.43. The number of rotatable bonds is 3. The van der Waals surface area contributed by atoms with E-state index in [1.165, 1.54) is 50.0 Å². The highest BCUT2D eigenvalue weighted by Crippen LogP contribution is 2.36. The molecule has 7 nitrogen and oxygen atoms in total. The minimum absolute atomic E-state index is 0.545. The first-order chi connectivity index (χ1) is 11.7. The van der Waals surface area contributed by atoms with E-state index in [1.807, 2.05) is 7.05 Å². The van der Waals surface area contributed by atoms with E-state index in [9.17, 15) is 5.11 Å². The second-order valence-corrected chi connectivity index (χ2v) is 7.73. The standard InChI is InChI=1S/C16H24N6OS/c1-21-14(17-11-18-21)16(23)7-9-22(10-8-16)15-19-13(20-24-15)12-5-3-2-4-6-12/h11-12,23H,2-10H2,1H3. The van der Waals surface area contributed by atoms with Crippen LogP contribution in [0.1, 0.15) is 62.5 Å². The number of nitrogens with zero attached hydrogens (tertiary/aromatic N) is 6. The average molecular weight is 348 g/mol. The molecule has 24 heavy (non-hydrogen) atoms. The summed E-state index contributed by atoms with van der Waals surface area (Å²) in [5.41, 5.74) is -0.890. The van der Waals surface area contributed by atoms with Gasteiger partial charge in [-0.15, -0.1) is 0 Å². The monoisotopic (exact) mass is 348 g/mol. The van der Waals surface area contributed by atoms with Crippen molar-refractivity contribution in [2.75, 3.05) is 18.0 Å². The molecule has 1 saturated carbocycles. The Hall–Kier alpha value is -1.54. The van der Waals surface area contributed by atoms with Crippen molar-refractivity contribution in [3.63, 3.8) is 0 Å². The van der Waals surface area contributed by atoms with Crippen LogP contribution in [0.25, 0.3) is 0 Å². The van der Waals surface area contributed by atoms with E-state index in [0.29, 0.717) is 24.6 Å². The van der Waals surface area contributed by atoms with Crippen molar-refractivity contribution in [3.05, 3.63) is 18.0 Å². The van der Waals surface area contributed by atoms with E-state index in [-0.39, 0.29) is 0 Å². The summed E-state index contributed by atoms with van der Waals surface area (Å²) in [4.78, 5) is 11.3. The lowest BCUT2D eigenvalue weighted by atomic mass is 9.89. The van der Waals surface area contributed by atoms with Crippen molar-refractivity contribution in [1.82, 2.24) is 24.1 Å². The molecule has 0 unspecified atom stereocenters. The number of aromatic nitrogens is 5. The molecule has 3 heterocycles. The number of aliphatic hydroxyl groups is 1. The summed E-state index contributed by atoms with van der Waals surface area (Å²) >= 11 is 1.50. The van der Waals surface area contributed by atoms with Crippen LogP contribution in [0, 0.1) is 0 Å². The average Bonchev–Trinajstić information content (AvgIpc) is 3.26. The molecule has 0 radical (unpaired) electrons. The third-order valence-corrected chi connectivity index (χ3v) is 6.18. The van der Waals surface area contributed by atoms with E-state index in [4.69, 9.17) is 4.98 Å². The van der Waals surface area contributed by atoms with Crippen molar-refractivity contribution in [3.8, 4) is 0 Å². The third-order valence-electron chi connectivity index (χ3n) is 5.39. The zero-order chi connectivity index (χ0) is 16.6. The molecule has 130 valence electrons. The number of anilines is 1. The van der Waals surface area contributed by atoms with Gasteiger partial charge in [0.25, 0.3) is 0 Å². The minimum atomic E-state index is -0.890. The van der Waals surface area contributed by atoms with E-state index in [2.05, 4.69) is 19.4 Å². The highest BCUT2D eigenvalue weighted by atomic mass is 32.1. The quantitative estimate of drug-likeness (QED) is 0.916. The van der Waals surface area contributed by atoms with Crippen molar-refractivity contribution in [2.24, 2.45) is 7.05 Å². The Kier molecular flexibility index (Phi) is 4.26. The Labute approximate surface area is 145 Å². The molecule has 2 aliphatic rings. The van der Waals surface area contributed by atoms with Gasteiger partial charge in [0, 0.05) is 50.4 Å². The molecule has 8 heteroatoms. The van der Waals surface area contributed by atoms with E-state index < -0.39 is 5.60 Å². The predicted molar refractivity (Wildman–Crippen MR) is 92.1 cm³/mol. The fraction of sp³-hybridized carbons (Fsp3) is 0.750. The molecule has 0 amide bonds. The summed E-state index contributed by atoms with van der Waals surface area (Å²) < 4.78 is 6.28. The molecule has 1 N–H and O–H groups in total. The second-order valence-electron chi connectivity index (χ2n) is 7.00. The third kappa shape index (κ3) is 2.93. The zero-order valence-electron chi connectivity index (χ0n) is 14.1. The van der Waals surface area contributed by atoms with Crippen molar-refractivity contribution in [1.29, 1.82) is 0 Å². The summed E-state index contributed by atoms with van der Waals surface area (Å²) in [5, 5.41) is 16.0. The van der Waals surface area contributed by atoms with Gasteiger partial charge in [0.1, 0.15) is 17.8 Å². The van der Waals surface area contributed by atoms with Crippen molar-refractivity contribution >= 4 is 16.7 Å². The van der Waals surface area contributed by atoms with Gasteiger partial charge in [-0.2, -0.15) is 9.47 Å². The Morgan fingerprint density at radius 2 is 1.96 bits per heavy atom. The normalized spacial score (nSPS) is 22.0. The van der Waals surface area contributed by atoms with Crippen LogP contribution in [0.2, 0.25) is 0 Å². The Bertz CT molecular complexity index is 684. The van der Waals surface area contributed by atoms with Gasteiger partial charge in [-0.25, -0.2) is 9.97 Å². The maximum atomic E-state index is 10.9. The van der Waals surface area contributed by atoms with E-state index >= 15 is 0 Å². The first-order valence-electron chi connectivity index (χ1n) is 8.81. The lowest BCUT2D eigenvalue weighted by Crippen LogP contribution is -2.44. The molecule has 1 saturated heterocycles. The van der Waals surface area contributed by atoms with Crippen LogP contribution < -0.4 is 4.90 Å². The zero-order valence-corrected chi connectivity index (χ0v) is 14.9. The molecule has 2 fully saturated rings. The van der Waals surface area contributed by atoms with Crippen LogP contribution in [0.5, 0.6) is 0 Å². The van der Waals surface area contributed by atoms with Crippen LogP contribution in [0.4, 0.5) is 5.13 Å². The fourth-order valence-corrected chi connectivity index (χ4v) is 4.69. The summed E-state index contributed by atoms with van der Waals surface area (Å²) in [6.07, 6.45) is 9.17. The van der Waals surface area contributed by atoms with Crippen molar-refractivity contribution < 1.29 is 5.11 Å². The van der Waals surface area contributed by atoms with Crippen LogP contribution >= 0.6 is 11.5 Å². The van der Waals surface area contributed by atoms with E-state index in [0.717, 1.165) is 24.0 Å². The molecule has 2 aromatic rings. The van der Waals surface area contributed by atoms with Crippen molar-refractivity contribution in [2.45, 2.75) is 56.5 Å². The predicted octanol–water partition coefficient (Wildman–Crippen LogP) is 2.20. The number of hydrogen-bond acceptors (Lipinski definition) is 7. The van der Waals surface area contributed by atoms with Crippen LogP contribution in [0.3, 0.4) is 0 Å². The molecule has 0 aromatic carbocycles. The SMILES string of the molecule is Cn1ncnc1C1(O)CCN(c2nc(C3CCCCC3)ns2)CC1. The number of piperidine rings is 1. The minimum Gasteiger partial charge on any atom is -0.382 e. The van der Waals surface area contributed by atoms with Crippen LogP contribution in [-0.2, 0) is 12.6 Å². The largest absolute Gasteiger partial charge is 0.382 e. The topological polar surface area (TPSA) is 80.0 Å². The maximum Gasteiger partial charge on any atom is 0.205 e. The fourth-order valence-electron chi connectivity index (χ4n) is 3.89. The first kappa shape index (κ1) is 16.0. The van der Waals surface area contributed by atoms with Gasteiger partial charge in [-0.1, -0.05) is 19.3 Å². The number of hydrogen-bond donors (Lipinski definition) is 1. The summed E-state index contributed by atoms with van der Waals surface area (Å²) in [5.74, 6) is 2.23. The molecular weight excluding hydrogens is 324 g/mol. The van der Waals surface area contributed by atoms with E-state index in [1.54, 1.807) is 4.68 Å². The molecule has 0 bridgehead atoms. The van der Waals surface area contributed by atoms with Crippen LogP contribution in [0.15, 0.2) is 6.33 Å². The highest BCUT2D eigenvalue weighted by Gasteiger charge is 2.38.